The molecule has 106 valence electrons. The van der Waals surface area contributed by atoms with Crippen molar-refractivity contribution in [1.82, 2.24) is 5.32 Å². The zero-order valence-corrected chi connectivity index (χ0v) is 13.0. The van der Waals surface area contributed by atoms with Crippen molar-refractivity contribution in [2.45, 2.75) is 32.8 Å². The number of hydrogen-bond acceptors (Lipinski definition) is 2. The number of rotatable bonds is 5. The van der Waals surface area contributed by atoms with Gasteiger partial charge in [0, 0.05) is 23.6 Å². The number of halogens is 2. The van der Waals surface area contributed by atoms with E-state index in [1.54, 1.807) is 18.2 Å². The smallest absolute Gasteiger partial charge is 0.139 e. The lowest BCUT2D eigenvalue weighted by atomic mass is 9.93. The Morgan fingerprint density at radius 2 is 2.16 bits per heavy atom. The average Bonchev–Trinajstić information content (AvgIpc) is 2.86. The van der Waals surface area contributed by atoms with Crippen molar-refractivity contribution in [3.8, 4) is 5.75 Å². The Labute approximate surface area is 125 Å². The van der Waals surface area contributed by atoms with E-state index in [4.69, 9.17) is 27.9 Å². The van der Waals surface area contributed by atoms with Gasteiger partial charge in [0.05, 0.1) is 5.02 Å². The fourth-order valence-corrected chi connectivity index (χ4v) is 2.85. The maximum Gasteiger partial charge on any atom is 0.139 e. The van der Waals surface area contributed by atoms with Crippen LogP contribution in [-0.4, -0.2) is 19.2 Å². The first-order chi connectivity index (χ1) is 9.06. The lowest BCUT2D eigenvalue weighted by molar-refractivity contribution is 0.120. The monoisotopic (exact) mass is 301 g/mol. The van der Waals surface area contributed by atoms with Gasteiger partial charge in [-0.1, -0.05) is 37.0 Å². The number of benzene rings is 1. The van der Waals surface area contributed by atoms with Crippen molar-refractivity contribution in [2.75, 3.05) is 13.1 Å². The maximum atomic E-state index is 6.18. The Bertz CT molecular complexity index is 417. The van der Waals surface area contributed by atoms with Crippen LogP contribution >= 0.6 is 23.2 Å². The molecule has 1 N–H and O–H groups in total. The molecule has 0 aliphatic carbocycles. The van der Waals surface area contributed by atoms with E-state index >= 15 is 0 Å². The molecule has 0 aromatic heterocycles. The third kappa shape index (κ3) is 4.27. The molecule has 0 bridgehead atoms. The molecule has 2 rings (SSSR count). The molecule has 1 aromatic carbocycles. The highest BCUT2D eigenvalue weighted by molar-refractivity contribution is 6.34. The largest absolute Gasteiger partial charge is 0.488 e. The molecule has 0 saturated carbocycles. The molecular weight excluding hydrogens is 281 g/mol. The van der Waals surface area contributed by atoms with Crippen molar-refractivity contribution >= 4 is 23.2 Å². The lowest BCUT2D eigenvalue weighted by Crippen LogP contribution is -2.30. The Balaban J connectivity index is 2.12. The SMILES string of the molecule is CC(C)C[C@H](Oc1cc(Cl)ccc1Cl)[C@H]1CCNC1. The van der Waals surface area contributed by atoms with Gasteiger partial charge in [0.15, 0.2) is 0 Å². The van der Waals surface area contributed by atoms with Crippen LogP contribution in [0.4, 0.5) is 0 Å². The van der Waals surface area contributed by atoms with E-state index in [1.807, 2.05) is 0 Å². The molecule has 1 saturated heterocycles. The van der Waals surface area contributed by atoms with Crippen LogP contribution in [0.3, 0.4) is 0 Å². The van der Waals surface area contributed by atoms with E-state index < -0.39 is 0 Å². The minimum absolute atomic E-state index is 0.200. The molecule has 0 radical (unpaired) electrons. The summed E-state index contributed by atoms with van der Waals surface area (Å²) in [4.78, 5) is 0. The van der Waals surface area contributed by atoms with Gasteiger partial charge in [0.2, 0.25) is 0 Å². The topological polar surface area (TPSA) is 21.3 Å². The standard InChI is InChI=1S/C15H21Cl2NO/c1-10(2)7-14(11-5-6-18-9-11)19-15-8-12(16)3-4-13(15)17/h3-4,8,10-11,14,18H,5-7,9H2,1-2H3/t11-,14-/m0/s1. The summed E-state index contributed by atoms with van der Waals surface area (Å²) in [5.41, 5.74) is 0. The van der Waals surface area contributed by atoms with Crippen molar-refractivity contribution in [2.24, 2.45) is 11.8 Å². The first-order valence-corrected chi connectivity index (χ1v) is 7.64. The van der Waals surface area contributed by atoms with Crippen LogP contribution in [0.25, 0.3) is 0 Å². The highest BCUT2D eigenvalue weighted by Crippen LogP contribution is 2.32. The van der Waals surface area contributed by atoms with E-state index in [1.165, 1.54) is 0 Å². The van der Waals surface area contributed by atoms with Gasteiger partial charge < -0.3 is 10.1 Å². The van der Waals surface area contributed by atoms with E-state index in [-0.39, 0.29) is 6.10 Å². The molecule has 1 fully saturated rings. The lowest BCUT2D eigenvalue weighted by Gasteiger charge is -2.26. The molecular formula is C15H21Cl2NO. The summed E-state index contributed by atoms with van der Waals surface area (Å²) >= 11 is 12.2. The van der Waals surface area contributed by atoms with Crippen molar-refractivity contribution in [3.05, 3.63) is 28.2 Å². The normalized spacial score (nSPS) is 20.8. The van der Waals surface area contributed by atoms with E-state index in [9.17, 15) is 0 Å². The third-order valence-electron chi connectivity index (χ3n) is 3.50. The number of nitrogens with one attached hydrogen (secondary N) is 1. The fourth-order valence-electron chi connectivity index (χ4n) is 2.53. The molecule has 4 heteroatoms. The second-order valence-electron chi connectivity index (χ2n) is 5.61. The maximum absolute atomic E-state index is 6.18. The van der Waals surface area contributed by atoms with Crippen LogP contribution in [0.2, 0.25) is 10.0 Å². The quantitative estimate of drug-likeness (QED) is 0.870. The molecule has 0 amide bonds. The average molecular weight is 302 g/mol. The van der Waals surface area contributed by atoms with Crippen LogP contribution in [0.5, 0.6) is 5.75 Å². The van der Waals surface area contributed by atoms with Crippen molar-refractivity contribution in [1.29, 1.82) is 0 Å². The molecule has 1 heterocycles. The summed E-state index contributed by atoms with van der Waals surface area (Å²) in [7, 11) is 0. The van der Waals surface area contributed by atoms with Gasteiger partial charge in [-0.2, -0.15) is 0 Å². The van der Waals surface area contributed by atoms with E-state index in [2.05, 4.69) is 19.2 Å². The predicted molar refractivity (Wildman–Crippen MR) is 81.3 cm³/mol. The Morgan fingerprint density at radius 3 is 2.79 bits per heavy atom. The van der Waals surface area contributed by atoms with E-state index in [0.717, 1.165) is 25.9 Å². The van der Waals surface area contributed by atoms with Gasteiger partial charge in [-0.3, -0.25) is 0 Å². The van der Waals surface area contributed by atoms with Crippen LogP contribution in [0, 0.1) is 11.8 Å². The molecule has 1 aliphatic rings. The summed E-state index contributed by atoms with van der Waals surface area (Å²) in [5.74, 6) is 1.85. The first kappa shape index (κ1) is 15.0. The highest BCUT2D eigenvalue weighted by atomic mass is 35.5. The van der Waals surface area contributed by atoms with Gasteiger partial charge in [-0.05, 0) is 37.4 Å². The van der Waals surface area contributed by atoms with E-state index in [0.29, 0.717) is 27.6 Å². The highest BCUT2D eigenvalue weighted by Gasteiger charge is 2.27. The minimum atomic E-state index is 0.200. The second kappa shape index (κ2) is 6.83. The molecule has 1 aliphatic heterocycles. The molecule has 19 heavy (non-hydrogen) atoms. The summed E-state index contributed by atoms with van der Waals surface area (Å²) in [6, 6.07) is 5.38. The van der Waals surface area contributed by atoms with Gasteiger partial charge >= 0.3 is 0 Å². The minimum Gasteiger partial charge on any atom is -0.488 e. The third-order valence-corrected chi connectivity index (χ3v) is 4.05. The van der Waals surface area contributed by atoms with Crippen molar-refractivity contribution < 1.29 is 4.74 Å². The fraction of sp³-hybridized carbons (Fsp3) is 0.600. The molecule has 2 nitrogen and oxygen atoms in total. The van der Waals surface area contributed by atoms with Crippen molar-refractivity contribution in [3.63, 3.8) is 0 Å². The number of ether oxygens (including phenoxy) is 1. The molecule has 2 atom stereocenters. The Hall–Kier alpha value is -0.440. The van der Waals surface area contributed by atoms with Crippen LogP contribution in [0.15, 0.2) is 18.2 Å². The van der Waals surface area contributed by atoms with Crippen LogP contribution in [-0.2, 0) is 0 Å². The molecule has 1 aromatic rings. The summed E-state index contributed by atoms with van der Waals surface area (Å²) in [6.45, 7) is 6.54. The molecule has 0 unspecified atom stereocenters. The zero-order valence-electron chi connectivity index (χ0n) is 11.5. The van der Waals surface area contributed by atoms with Crippen LogP contribution < -0.4 is 10.1 Å². The summed E-state index contributed by atoms with van der Waals surface area (Å²) < 4.78 is 6.16. The molecule has 0 spiro atoms. The second-order valence-corrected chi connectivity index (χ2v) is 6.46. The Kier molecular flexibility index (Phi) is 5.37. The predicted octanol–water partition coefficient (Wildman–Crippen LogP) is 4.40. The first-order valence-electron chi connectivity index (χ1n) is 6.88. The van der Waals surface area contributed by atoms with Gasteiger partial charge in [-0.25, -0.2) is 0 Å². The van der Waals surface area contributed by atoms with Gasteiger partial charge in [0.1, 0.15) is 11.9 Å². The Morgan fingerprint density at radius 1 is 1.37 bits per heavy atom. The summed E-state index contributed by atoms with van der Waals surface area (Å²) in [6.07, 6.45) is 2.40. The van der Waals surface area contributed by atoms with Gasteiger partial charge in [0.25, 0.3) is 0 Å². The zero-order chi connectivity index (χ0) is 13.8. The summed E-state index contributed by atoms with van der Waals surface area (Å²) in [5, 5.41) is 4.69. The number of hydrogen-bond donors (Lipinski definition) is 1. The van der Waals surface area contributed by atoms with Crippen LogP contribution in [0.1, 0.15) is 26.7 Å². The van der Waals surface area contributed by atoms with Gasteiger partial charge in [-0.15, -0.1) is 0 Å².